The lowest BCUT2D eigenvalue weighted by Crippen LogP contribution is -2.36. The van der Waals surface area contributed by atoms with Crippen molar-refractivity contribution >= 4 is 21.4 Å². The third-order valence-electron chi connectivity index (χ3n) is 4.31. The topological polar surface area (TPSA) is 75.7 Å². The van der Waals surface area contributed by atoms with Crippen LogP contribution in [0.25, 0.3) is 0 Å². The van der Waals surface area contributed by atoms with Gasteiger partial charge in [0.2, 0.25) is 0 Å². The lowest BCUT2D eigenvalue weighted by atomic mass is 10.1. The summed E-state index contributed by atoms with van der Waals surface area (Å²) < 4.78 is 28.3. The van der Waals surface area contributed by atoms with Crippen molar-refractivity contribution in [3.8, 4) is 0 Å². The lowest BCUT2D eigenvalue weighted by Gasteiger charge is -2.28. The molecule has 1 heterocycles. The largest absolute Gasteiger partial charge is 0.378 e. The molecule has 0 unspecified atom stereocenters. The molecule has 1 fully saturated rings. The quantitative estimate of drug-likeness (QED) is 0.865. The Labute approximate surface area is 153 Å². The summed E-state index contributed by atoms with van der Waals surface area (Å²) >= 11 is 0. The molecule has 26 heavy (non-hydrogen) atoms. The molecule has 0 aliphatic carbocycles. The van der Waals surface area contributed by atoms with Crippen molar-refractivity contribution in [3.05, 3.63) is 59.7 Å². The smallest absolute Gasteiger partial charge is 0.251 e. The summed E-state index contributed by atoms with van der Waals surface area (Å²) in [5, 5.41) is 2.85. The molecular formula is C19H22N2O4S. The number of nitrogens with zero attached hydrogens (tertiary/aromatic N) is 1. The van der Waals surface area contributed by atoms with E-state index in [4.69, 9.17) is 4.74 Å². The van der Waals surface area contributed by atoms with Crippen LogP contribution in [0.1, 0.15) is 15.9 Å². The van der Waals surface area contributed by atoms with E-state index in [9.17, 15) is 13.2 Å². The predicted molar refractivity (Wildman–Crippen MR) is 100 cm³/mol. The summed E-state index contributed by atoms with van der Waals surface area (Å²) in [5.41, 5.74) is 2.59. The minimum atomic E-state index is -3.26. The van der Waals surface area contributed by atoms with Crippen molar-refractivity contribution < 1.29 is 17.9 Å². The zero-order valence-corrected chi connectivity index (χ0v) is 15.5. The van der Waals surface area contributed by atoms with E-state index in [1.165, 1.54) is 24.3 Å². The molecule has 1 amide bonds. The maximum atomic E-state index is 12.2. The second-order valence-corrected chi connectivity index (χ2v) is 8.26. The maximum Gasteiger partial charge on any atom is 0.251 e. The molecule has 1 saturated heterocycles. The molecule has 0 saturated carbocycles. The number of benzene rings is 2. The van der Waals surface area contributed by atoms with Crippen LogP contribution in [-0.4, -0.2) is 46.9 Å². The zero-order chi connectivity index (χ0) is 18.6. The number of rotatable bonds is 5. The van der Waals surface area contributed by atoms with Gasteiger partial charge in [-0.05, 0) is 42.0 Å². The number of carbonyl (C=O) groups is 1. The first-order valence-corrected chi connectivity index (χ1v) is 10.3. The van der Waals surface area contributed by atoms with Crippen LogP contribution >= 0.6 is 0 Å². The Morgan fingerprint density at radius 3 is 2.23 bits per heavy atom. The fraction of sp³-hybridized carbons (Fsp3) is 0.316. The Morgan fingerprint density at radius 1 is 1.04 bits per heavy atom. The first-order valence-electron chi connectivity index (χ1n) is 8.43. The summed E-state index contributed by atoms with van der Waals surface area (Å²) in [6, 6.07) is 14.0. The Kier molecular flexibility index (Phi) is 5.58. The number of hydrogen-bond donors (Lipinski definition) is 1. The second kappa shape index (κ2) is 7.88. The van der Waals surface area contributed by atoms with Crippen LogP contribution in [0, 0.1) is 0 Å². The van der Waals surface area contributed by atoms with Crippen molar-refractivity contribution in [2.24, 2.45) is 0 Å². The fourth-order valence-electron chi connectivity index (χ4n) is 2.78. The SMILES string of the molecule is CS(=O)(=O)c1ccc(C(=O)NCc2ccc(N3CCOCC3)cc2)cc1. The molecule has 6 nitrogen and oxygen atoms in total. The molecule has 7 heteroatoms. The predicted octanol–water partition coefficient (Wildman–Crippen LogP) is 1.86. The molecule has 0 bridgehead atoms. The number of amides is 1. The van der Waals surface area contributed by atoms with E-state index in [2.05, 4.69) is 10.2 Å². The van der Waals surface area contributed by atoms with Crippen molar-refractivity contribution in [3.63, 3.8) is 0 Å². The number of ether oxygens (including phenoxy) is 1. The third-order valence-corrected chi connectivity index (χ3v) is 5.44. The molecule has 2 aromatic rings. The minimum absolute atomic E-state index is 0.202. The minimum Gasteiger partial charge on any atom is -0.378 e. The molecule has 138 valence electrons. The third kappa shape index (κ3) is 4.62. The molecule has 1 N–H and O–H groups in total. The van der Waals surface area contributed by atoms with Gasteiger partial charge in [-0.1, -0.05) is 12.1 Å². The summed E-state index contributed by atoms with van der Waals surface area (Å²) in [6.07, 6.45) is 1.14. The molecule has 0 aromatic heterocycles. The van der Waals surface area contributed by atoms with Crippen LogP contribution in [0.5, 0.6) is 0 Å². The van der Waals surface area contributed by atoms with E-state index < -0.39 is 9.84 Å². The lowest BCUT2D eigenvalue weighted by molar-refractivity contribution is 0.0950. The number of sulfone groups is 1. The highest BCUT2D eigenvalue weighted by Gasteiger charge is 2.12. The van der Waals surface area contributed by atoms with Crippen molar-refractivity contribution in [1.82, 2.24) is 5.32 Å². The van der Waals surface area contributed by atoms with Crippen LogP contribution < -0.4 is 10.2 Å². The molecule has 0 spiro atoms. The van der Waals surface area contributed by atoms with Crippen molar-refractivity contribution in [2.75, 3.05) is 37.5 Å². The van der Waals surface area contributed by atoms with E-state index in [1.807, 2.05) is 24.3 Å². The standard InChI is InChI=1S/C19H22N2O4S/c1-26(23,24)18-8-4-16(5-9-18)19(22)20-14-15-2-6-17(7-3-15)21-10-12-25-13-11-21/h2-9H,10-14H2,1H3,(H,20,22). The molecular weight excluding hydrogens is 352 g/mol. The highest BCUT2D eigenvalue weighted by Crippen LogP contribution is 2.17. The van der Waals surface area contributed by atoms with Gasteiger partial charge in [-0.15, -0.1) is 0 Å². The molecule has 0 radical (unpaired) electrons. The van der Waals surface area contributed by atoms with Gasteiger partial charge in [0, 0.05) is 37.1 Å². The maximum absolute atomic E-state index is 12.2. The van der Waals surface area contributed by atoms with Gasteiger partial charge < -0.3 is 15.0 Å². The molecule has 1 aliphatic rings. The van der Waals surface area contributed by atoms with Crippen LogP contribution in [-0.2, 0) is 21.1 Å². The number of hydrogen-bond acceptors (Lipinski definition) is 5. The van der Waals surface area contributed by atoms with Gasteiger partial charge in [0.15, 0.2) is 9.84 Å². The molecule has 2 aromatic carbocycles. The Balaban J connectivity index is 1.57. The van der Waals surface area contributed by atoms with E-state index in [1.54, 1.807) is 0 Å². The van der Waals surface area contributed by atoms with Gasteiger partial charge in [0.25, 0.3) is 5.91 Å². The normalized spacial score (nSPS) is 14.9. The number of carbonyl (C=O) groups excluding carboxylic acids is 1. The van der Waals surface area contributed by atoms with E-state index >= 15 is 0 Å². The number of anilines is 1. The zero-order valence-electron chi connectivity index (χ0n) is 14.6. The van der Waals surface area contributed by atoms with Gasteiger partial charge in [-0.2, -0.15) is 0 Å². The van der Waals surface area contributed by atoms with Gasteiger partial charge in [0.1, 0.15) is 0 Å². The first-order chi connectivity index (χ1) is 12.4. The van der Waals surface area contributed by atoms with Crippen LogP contribution in [0.3, 0.4) is 0 Å². The summed E-state index contributed by atoms with van der Waals surface area (Å²) in [6.45, 7) is 3.68. The highest BCUT2D eigenvalue weighted by atomic mass is 32.2. The van der Waals surface area contributed by atoms with E-state index in [0.29, 0.717) is 12.1 Å². The average Bonchev–Trinajstić information content (AvgIpc) is 2.66. The van der Waals surface area contributed by atoms with Gasteiger partial charge in [0.05, 0.1) is 18.1 Å². The van der Waals surface area contributed by atoms with Gasteiger partial charge in [-0.3, -0.25) is 4.79 Å². The first kappa shape index (κ1) is 18.4. The molecule has 0 atom stereocenters. The van der Waals surface area contributed by atoms with Crippen molar-refractivity contribution in [1.29, 1.82) is 0 Å². The fourth-order valence-corrected chi connectivity index (χ4v) is 3.41. The number of morpholine rings is 1. The Bertz CT molecular complexity index is 855. The van der Waals surface area contributed by atoms with Gasteiger partial charge >= 0.3 is 0 Å². The van der Waals surface area contributed by atoms with Crippen molar-refractivity contribution in [2.45, 2.75) is 11.4 Å². The summed E-state index contributed by atoms with van der Waals surface area (Å²) in [7, 11) is -3.26. The summed E-state index contributed by atoms with van der Waals surface area (Å²) in [5.74, 6) is -0.234. The Morgan fingerprint density at radius 2 is 1.65 bits per heavy atom. The van der Waals surface area contributed by atoms with Crippen LogP contribution in [0.4, 0.5) is 5.69 Å². The van der Waals surface area contributed by atoms with E-state index in [-0.39, 0.29) is 10.8 Å². The number of nitrogens with one attached hydrogen (secondary N) is 1. The van der Waals surface area contributed by atoms with Gasteiger partial charge in [-0.25, -0.2) is 8.42 Å². The van der Waals surface area contributed by atoms with E-state index in [0.717, 1.165) is 43.8 Å². The molecule has 3 rings (SSSR count). The summed E-state index contributed by atoms with van der Waals surface area (Å²) in [4.78, 5) is 14.7. The highest BCUT2D eigenvalue weighted by molar-refractivity contribution is 7.90. The average molecular weight is 374 g/mol. The molecule has 1 aliphatic heterocycles. The monoisotopic (exact) mass is 374 g/mol. The Hall–Kier alpha value is -2.38. The second-order valence-electron chi connectivity index (χ2n) is 6.25. The van der Waals surface area contributed by atoms with Crippen LogP contribution in [0.2, 0.25) is 0 Å². The van der Waals surface area contributed by atoms with Crippen LogP contribution in [0.15, 0.2) is 53.4 Å².